The minimum absolute atomic E-state index is 0.0247. The zero-order valence-electron chi connectivity index (χ0n) is 10.9. The number of carboxylic acid groups (broad SMARTS) is 1. The molecule has 0 aromatic carbocycles. The maximum atomic E-state index is 12.0. The first-order valence-corrected chi connectivity index (χ1v) is 6.91. The van der Waals surface area contributed by atoms with Crippen LogP contribution in [0.4, 0.5) is 8.78 Å². The number of hydrogen-bond acceptors (Lipinski definition) is 3. The summed E-state index contributed by atoms with van der Waals surface area (Å²) >= 11 is 0. The molecule has 2 rings (SSSR count). The second-order valence-corrected chi connectivity index (χ2v) is 5.54. The number of nitrogens with one attached hydrogen (secondary N) is 1. The molecule has 0 aliphatic heterocycles. The van der Waals surface area contributed by atoms with Gasteiger partial charge in [0.1, 0.15) is 12.1 Å². The highest BCUT2D eigenvalue weighted by atomic mass is 19.3. The zero-order chi connectivity index (χ0) is 13.9. The Labute approximate surface area is 111 Å². The Kier molecular flexibility index (Phi) is 4.73. The minimum Gasteiger partial charge on any atom is -0.480 e. The van der Waals surface area contributed by atoms with Crippen molar-refractivity contribution in [1.29, 1.82) is 0 Å². The third-order valence-electron chi connectivity index (χ3n) is 4.10. The lowest BCUT2D eigenvalue weighted by Gasteiger charge is -2.32. The van der Waals surface area contributed by atoms with Gasteiger partial charge in [-0.05, 0) is 38.0 Å². The fourth-order valence-electron chi connectivity index (χ4n) is 2.99. The molecule has 110 valence electrons. The van der Waals surface area contributed by atoms with E-state index in [2.05, 4.69) is 5.32 Å². The van der Waals surface area contributed by atoms with Crippen LogP contribution in [0.3, 0.4) is 0 Å². The van der Waals surface area contributed by atoms with Gasteiger partial charge in [0.15, 0.2) is 0 Å². The van der Waals surface area contributed by atoms with Crippen molar-refractivity contribution in [1.82, 2.24) is 5.32 Å². The molecule has 0 aromatic heterocycles. The summed E-state index contributed by atoms with van der Waals surface area (Å²) in [5, 5.41) is 12.8. The molecule has 19 heavy (non-hydrogen) atoms. The molecule has 2 fully saturated rings. The predicted molar refractivity (Wildman–Crippen MR) is 65.3 cm³/mol. The van der Waals surface area contributed by atoms with Gasteiger partial charge >= 0.3 is 5.97 Å². The Morgan fingerprint density at radius 2 is 2.16 bits per heavy atom. The smallest absolute Gasteiger partial charge is 0.324 e. The van der Waals surface area contributed by atoms with Gasteiger partial charge in [-0.2, -0.15) is 0 Å². The van der Waals surface area contributed by atoms with Crippen molar-refractivity contribution in [2.45, 2.75) is 56.5 Å². The van der Waals surface area contributed by atoms with E-state index in [1.54, 1.807) is 0 Å². The lowest BCUT2D eigenvalue weighted by molar-refractivity contribution is -0.147. The summed E-state index contributed by atoms with van der Waals surface area (Å²) in [6, 6.07) is 0.318. The van der Waals surface area contributed by atoms with Crippen LogP contribution >= 0.6 is 0 Å². The summed E-state index contributed by atoms with van der Waals surface area (Å²) in [7, 11) is 0. The molecule has 0 heterocycles. The molecule has 0 saturated heterocycles. The number of carbonyl (C=O) groups is 1. The first-order chi connectivity index (χ1) is 9.04. The summed E-state index contributed by atoms with van der Waals surface area (Å²) in [6.45, 7) is -0.362. The van der Waals surface area contributed by atoms with Crippen LogP contribution in [0.2, 0.25) is 0 Å². The summed E-state index contributed by atoms with van der Waals surface area (Å²) in [5.41, 5.74) is -0.866. The molecule has 2 saturated carbocycles. The number of rotatable bonds is 8. The van der Waals surface area contributed by atoms with Gasteiger partial charge in [0.2, 0.25) is 0 Å². The number of alkyl halides is 2. The summed E-state index contributed by atoms with van der Waals surface area (Å²) < 4.78 is 28.8. The van der Waals surface area contributed by atoms with Gasteiger partial charge in [0.25, 0.3) is 6.43 Å². The summed E-state index contributed by atoms with van der Waals surface area (Å²) in [6.07, 6.45) is 2.44. The molecule has 2 aliphatic rings. The van der Waals surface area contributed by atoms with E-state index in [0.29, 0.717) is 18.9 Å². The van der Waals surface area contributed by atoms with Crippen LogP contribution in [0, 0.1) is 5.92 Å². The fourth-order valence-corrected chi connectivity index (χ4v) is 2.99. The number of ether oxygens (including phenoxy) is 1. The van der Waals surface area contributed by atoms with E-state index in [0.717, 1.165) is 25.7 Å². The maximum absolute atomic E-state index is 12.0. The van der Waals surface area contributed by atoms with Crippen LogP contribution in [0.15, 0.2) is 0 Å². The molecule has 2 atom stereocenters. The Hall–Kier alpha value is -0.750. The van der Waals surface area contributed by atoms with Crippen molar-refractivity contribution < 1.29 is 23.4 Å². The highest BCUT2D eigenvalue weighted by Crippen LogP contribution is 2.40. The van der Waals surface area contributed by atoms with Crippen LogP contribution in [0.5, 0.6) is 0 Å². The third-order valence-corrected chi connectivity index (χ3v) is 4.10. The number of carboxylic acids is 1. The average Bonchev–Trinajstić information content (AvgIpc) is 3.04. The molecule has 2 unspecified atom stereocenters. The van der Waals surface area contributed by atoms with E-state index >= 15 is 0 Å². The van der Waals surface area contributed by atoms with Crippen LogP contribution < -0.4 is 5.32 Å². The van der Waals surface area contributed by atoms with Crippen molar-refractivity contribution in [3.05, 3.63) is 0 Å². The van der Waals surface area contributed by atoms with Gasteiger partial charge in [0, 0.05) is 12.6 Å². The second-order valence-electron chi connectivity index (χ2n) is 5.54. The van der Waals surface area contributed by atoms with Crippen molar-refractivity contribution in [3.63, 3.8) is 0 Å². The predicted octanol–water partition coefficient (Wildman–Crippen LogP) is 2.03. The first kappa shape index (κ1) is 14.7. The van der Waals surface area contributed by atoms with Crippen molar-refractivity contribution in [3.8, 4) is 0 Å². The molecule has 0 amide bonds. The first-order valence-electron chi connectivity index (χ1n) is 6.91. The molecule has 0 radical (unpaired) electrons. The van der Waals surface area contributed by atoms with Crippen LogP contribution in [-0.2, 0) is 9.53 Å². The van der Waals surface area contributed by atoms with E-state index < -0.39 is 24.5 Å². The van der Waals surface area contributed by atoms with Gasteiger partial charge < -0.3 is 9.84 Å². The molecule has 0 aromatic rings. The van der Waals surface area contributed by atoms with E-state index in [4.69, 9.17) is 4.74 Å². The second kappa shape index (κ2) is 6.13. The summed E-state index contributed by atoms with van der Waals surface area (Å²) in [5.74, 6) is -0.834. The topological polar surface area (TPSA) is 58.6 Å². The molecule has 4 nitrogen and oxygen atoms in total. The van der Waals surface area contributed by atoms with Crippen molar-refractivity contribution >= 4 is 5.97 Å². The highest BCUT2D eigenvalue weighted by molar-refractivity contribution is 5.80. The van der Waals surface area contributed by atoms with E-state index in [1.165, 1.54) is 0 Å². The van der Waals surface area contributed by atoms with E-state index in [9.17, 15) is 18.7 Å². The average molecular weight is 277 g/mol. The standard InChI is InChI=1S/C13H21F2NO3/c14-11(15)8-19-7-5-9-2-1-6-13(9,12(17)18)16-10-3-4-10/h9-11,16H,1-8H2,(H,17,18). The molecule has 0 spiro atoms. The van der Waals surface area contributed by atoms with Gasteiger partial charge in [-0.1, -0.05) is 6.42 Å². The number of halogens is 2. The van der Waals surface area contributed by atoms with Gasteiger partial charge in [-0.25, -0.2) is 8.78 Å². The van der Waals surface area contributed by atoms with Crippen molar-refractivity contribution in [2.24, 2.45) is 5.92 Å². The van der Waals surface area contributed by atoms with Crippen LogP contribution in [0.25, 0.3) is 0 Å². The lowest BCUT2D eigenvalue weighted by atomic mass is 9.84. The molecule has 6 heteroatoms. The van der Waals surface area contributed by atoms with Gasteiger partial charge in [-0.15, -0.1) is 0 Å². The molecular formula is C13H21F2NO3. The number of hydrogen-bond donors (Lipinski definition) is 2. The number of aliphatic carboxylic acids is 1. The lowest BCUT2D eigenvalue weighted by Crippen LogP contribution is -2.55. The fraction of sp³-hybridized carbons (Fsp3) is 0.923. The zero-order valence-corrected chi connectivity index (χ0v) is 10.9. The molecule has 2 aliphatic carbocycles. The monoisotopic (exact) mass is 277 g/mol. The largest absolute Gasteiger partial charge is 0.480 e. The van der Waals surface area contributed by atoms with E-state index in [1.807, 2.05) is 0 Å². The summed E-state index contributed by atoms with van der Waals surface area (Å²) in [4.78, 5) is 11.6. The highest BCUT2D eigenvalue weighted by Gasteiger charge is 2.50. The van der Waals surface area contributed by atoms with Crippen molar-refractivity contribution in [2.75, 3.05) is 13.2 Å². The molecule has 2 N–H and O–H groups in total. The maximum Gasteiger partial charge on any atom is 0.324 e. The molecular weight excluding hydrogens is 256 g/mol. The Morgan fingerprint density at radius 1 is 1.42 bits per heavy atom. The third kappa shape index (κ3) is 3.63. The minimum atomic E-state index is -2.46. The Balaban J connectivity index is 1.87. The van der Waals surface area contributed by atoms with Gasteiger partial charge in [-0.3, -0.25) is 10.1 Å². The van der Waals surface area contributed by atoms with Crippen LogP contribution in [-0.4, -0.2) is 42.3 Å². The Morgan fingerprint density at radius 3 is 2.74 bits per heavy atom. The molecule has 0 bridgehead atoms. The van der Waals surface area contributed by atoms with Crippen LogP contribution in [0.1, 0.15) is 38.5 Å². The normalized spacial score (nSPS) is 31.0. The Bertz CT molecular complexity index is 323. The van der Waals surface area contributed by atoms with Gasteiger partial charge in [0.05, 0.1) is 0 Å². The SMILES string of the molecule is O=C(O)C1(NC2CC2)CCCC1CCOCC(F)F. The van der Waals surface area contributed by atoms with E-state index in [-0.39, 0.29) is 12.5 Å². The quantitative estimate of drug-likeness (QED) is 0.667.